The Labute approximate surface area is 135 Å². The van der Waals surface area contributed by atoms with E-state index in [9.17, 15) is 9.90 Å². The Balaban J connectivity index is 1.71. The molecule has 2 bridgehead atoms. The number of rotatable bonds is 1. The van der Waals surface area contributed by atoms with Crippen LogP contribution in [0.1, 0.15) is 72.1 Å². The molecule has 0 amide bonds. The Morgan fingerprint density at radius 2 is 1.82 bits per heavy atom. The van der Waals surface area contributed by atoms with Crippen LogP contribution in [0.5, 0.6) is 0 Å². The molecule has 0 saturated heterocycles. The summed E-state index contributed by atoms with van der Waals surface area (Å²) in [6.45, 7) is 7.34. The van der Waals surface area contributed by atoms with Crippen molar-refractivity contribution < 1.29 is 9.90 Å². The number of Topliss-reactive ketones (excluding diaryl/α,β-unsaturated/α-hetero) is 1. The van der Waals surface area contributed by atoms with Crippen molar-refractivity contribution in [1.82, 2.24) is 0 Å². The summed E-state index contributed by atoms with van der Waals surface area (Å²) in [5.74, 6) is 3.20. The second-order valence-electron chi connectivity index (χ2n) is 9.85. The molecule has 0 aromatic carbocycles. The number of aliphatic hydroxyl groups excluding tert-OH is 1. The average molecular weight is 304 g/mol. The summed E-state index contributed by atoms with van der Waals surface area (Å²) in [5.41, 5.74) is 0.726. The van der Waals surface area contributed by atoms with E-state index >= 15 is 0 Å². The maximum Gasteiger partial charge on any atom is 0.138 e. The van der Waals surface area contributed by atoms with Gasteiger partial charge in [0.1, 0.15) is 5.78 Å². The zero-order valence-corrected chi connectivity index (χ0v) is 14.5. The second kappa shape index (κ2) is 4.59. The van der Waals surface area contributed by atoms with Crippen molar-refractivity contribution in [3.8, 4) is 0 Å². The van der Waals surface area contributed by atoms with Gasteiger partial charge in [0.15, 0.2) is 0 Å². The van der Waals surface area contributed by atoms with Crippen LogP contribution in [0.3, 0.4) is 0 Å². The highest BCUT2D eigenvalue weighted by Crippen LogP contribution is 2.71. The van der Waals surface area contributed by atoms with Crippen LogP contribution in [0, 0.1) is 39.9 Å². The number of fused-ring (bicyclic) bond motifs is 3. The van der Waals surface area contributed by atoms with Crippen LogP contribution in [0.15, 0.2) is 0 Å². The van der Waals surface area contributed by atoms with E-state index in [1.165, 1.54) is 38.5 Å². The Morgan fingerprint density at radius 1 is 1.05 bits per heavy atom. The van der Waals surface area contributed by atoms with E-state index in [-0.39, 0.29) is 5.41 Å². The number of ketones is 1. The molecule has 0 heterocycles. The smallest absolute Gasteiger partial charge is 0.138 e. The van der Waals surface area contributed by atoms with Crippen molar-refractivity contribution in [3.63, 3.8) is 0 Å². The molecule has 2 heteroatoms. The molecule has 4 fully saturated rings. The molecule has 4 saturated carbocycles. The van der Waals surface area contributed by atoms with Crippen molar-refractivity contribution in [2.75, 3.05) is 6.61 Å². The molecular weight excluding hydrogens is 272 g/mol. The summed E-state index contributed by atoms with van der Waals surface area (Å²) in [6.07, 6.45) is 9.72. The van der Waals surface area contributed by atoms with Crippen molar-refractivity contribution >= 4 is 5.78 Å². The fourth-order valence-corrected chi connectivity index (χ4v) is 7.83. The Hall–Kier alpha value is -0.370. The van der Waals surface area contributed by atoms with E-state index in [1.807, 2.05) is 0 Å². The third-order valence-electron chi connectivity index (χ3n) is 8.81. The van der Waals surface area contributed by atoms with E-state index < -0.39 is 0 Å². The average Bonchev–Trinajstić information content (AvgIpc) is 2.74. The zero-order chi connectivity index (χ0) is 15.8. The first-order valence-electron chi connectivity index (χ1n) is 9.48. The first-order chi connectivity index (χ1) is 10.3. The minimum atomic E-state index is -0.125. The number of aliphatic hydroxyl groups is 1. The van der Waals surface area contributed by atoms with Crippen molar-refractivity contribution in [2.45, 2.75) is 72.1 Å². The first kappa shape index (κ1) is 15.2. The van der Waals surface area contributed by atoms with Crippen LogP contribution in [0.2, 0.25) is 0 Å². The molecule has 1 spiro atoms. The van der Waals surface area contributed by atoms with Gasteiger partial charge in [0.2, 0.25) is 0 Å². The Bertz CT molecular complexity index is 496. The summed E-state index contributed by atoms with van der Waals surface area (Å²) in [5, 5.41) is 9.77. The molecule has 0 aliphatic heterocycles. The standard InChI is InChI=1S/C20H32O2/c1-18(2)15-6-9-20-10-13(14(11-20)12-21)4-5-16(20)19(15,3)8-7-17(18)22/h13-16,21H,4-12H2,1-3H3/t13-,14-,15-,16+,19-,20+/m1/s1. The third kappa shape index (κ3) is 1.74. The number of hydrogen-bond donors (Lipinski definition) is 1. The largest absolute Gasteiger partial charge is 0.396 e. The molecule has 1 N–H and O–H groups in total. The van der Waals surface area contributed by atoms with E-state index in [0.717, 1.165) is 24.7 Å². The molecule has 124 valence electrons. The molecular formula is C20H32O2. The van der Waals surface area contributed by atoms with Crippen molar-refractivity contribution in [3.05, 3.63) is 0 Å². The summed E-state index contributed by atoms with van der Waals surface area (Å²) in [6, 6.07) is 0. The zero-order valence-electron chi connectivity index (χ0n) is 14.5. The molecule has 6 atom stereocenters. The van der Waals surface area contributed by atoms with Gasteiger partial charge in [0, 0.05) is 18.4 Å². The fourth-order valence-electron chi connectivity index (χ4n) is 7.83. The van der Waals surface area contributed by atoms with Gasteiger partial charge < -0.3 is 5.11 Å². The third-order valence-corrected chi connectivity index (χ3v) is 8.81. The number of hydrogen-bond acceptors (Lipinski definition) is 2. The summed E-state index contributed by atoms with van der Waals surface area (Å²) < 4.78 is 0. The highest BCUT2D eigenvalue weighted by atomic mass is 16.3. The van der Waals surface area contributed by atoms with Gasteiger partial charge in [0.05, 0.1) is 0 Å². The lowest BCUT2D eigenvalue weighted by Gasteiger charge is -2.63. The Morgan fingerprint density at radius 3 is 2.55 bits per heavy atom. The summed E-state index contributed by atoms with van der Waals surface area (Å²) in [4.78, 5) is 12.5. The molecule has 2 nitrogen and oxygen atoms in total. The van der Waals surface area contributed by atoms with Gasteiger partial charge in [-0.3, -0.25) is 4.79 Å². The molecule has 0 radical (unpaired) electrons. The van der Waals surface area contributed by atoms with Crippen LogP contribution in [-0.4, -0.2) is 17.5 Å². The monoisotopic (exact) mass is 304 g/mol. The molecule has 4 aliphatic rings. The molecule has 4 rings (SSSR count). The van der Waals surface area contributed by atoms with Crippen LogP contribution >= 0.6 is 0 Å². The minimum absolute atomic E-state index is 0.125. The minimum Gasteiger partial charge on any atom is -0.396 e. The quantitative estimate of drug-likeness (QED) is 0.788. The highest BCUT2D eigenvalue weighted by molar-refractivity contribution is 5.85. The number of carbonyl (C=O) groups excluding carboxylic acids is 1. The van der Waals surface area contributed by atoms with E-state index in [4.69, 9.17) is 0 Å². The molecule has 0 unspecified atom stereocenters. The number of carbonyl (C=O) groups is 1. The fraction of sp³-hybridized carbons (Fsp3) is 0.950. The first-order valence-corrected chi connectivity index (χ1v) is 9.48. The van der Waals surface area contributed by atoms with Crippen LogP contribution in [0.25, 0.3) is 0 Å². The summed E-state index contributed by atoms with van der Waals surface area (Å²) >= 11 is 0. The molecule has 0 aromatic rings. The van der Waals surface area contributed by atoms with Gasteiger partial charge in [-0.15, -0.1) is 0 Å². The van der Waals surface area contributed by atoms with Crippen molar-refractivity contribution in [1.29, 1.82) is 0 Å². The predicted octanol–water partition coefficient (Wildman–Crippen LogP) is 4.21. The van der Waals surface area contributed by atoms with E-state index in [1.54, 1.807) is 0 Å². The highest BCUT2D eigenvalue weighted by Gasteiger charge is 2.65. The van der Waals surface area contributed by atoms with Gasteiger partial charge in [-0.1, -0.05) is 20.8 Å². The van der Waals surface area contributed by atoms with Crippen LogP contribution in [0.4, 0.5) is 0 Å². The van der Waals surface area contributed by atoms with Gasteiger partial charge >= 0.3 is 0 Å². The van der Waals surface area contributed by atoms with Gasteiger partial charge in [-0.2, -0.15) is 0 Å². The maximum atomic E-state index is 12.5. The lowest BCUT2D eigenvalue weighted by Crippen LogP contribution is -2.58. The second-order valence-corrected chi connectivity index (χ2v) is 9.85. The topological polar surface area (TPSA) is 37.3 Å². The van der Waals surface area contributed by atoms with Crippen molar-refractivity contribution in [2.24, 2.45) is 39.9 Å². The van der Waals surface area contributed by atoms with Gasteiger partial charge in [0.25, 0.3) is 0 Å². The lowest BCUT2D eigenvalue weighted by molar-refractivity contribution is -0.165. The van der Waals surface area contributed by atoms with Crippen LogP contribution in [-0.2, 0) is 4.79 Å². The lowest BCUT2D eigenvalue weighted by atomic mass is 9.41. The SMILES string of the molecule is CC1(C)C(=O)CC[C@]2(C)[C@@H]1CC[C@@]13C[C@@H](CC[C@H]12)[C@@H](CO)C3. The van der Waals surface area contributed by atoms with Crippen LogP contribution < -0.4 is 0 Å². The maximum absolute atomic E-state index is 12.5. The van der Waals surface area contributed by atoms with E-state index in [2.05, 4.69) is 20.8 Å². The predicted molar refractivity (Wildman–Crippen MR) is 87.3 cm³/mol. The van der Waals surface area contributed by atoms with E-state index in [0.29, 0.717) is 35.1 Å². The van der Waals surface area contributed by atoms with Gasteiger partial charge in [-0.25, -0.2) is 0 Å². The molecule has 22 heavy (non-hydrogen) atoms. The normalized spacial score (nSPS) is 53.0. The van der Waals surface area contributed by atoms with Gasteiger partial charge in [-0.05, 0) is 79.4 Å². The molecule has 0 aromatic heterocycles. The Kier molecular flexibility index (Phi) is 3.16. The molecule has 4 aliphatic carbocycles. The summed E-state index contributed by atoms with van der Waals surface area (Å²) in [7, 11) is 0.